The summed E-state index contributed by atoms with van der Waals surface area (Å²) in [6.07, 6.45) is 1.74. The first-order valence-electron chi connectivity index (χ1n) is 5.70. The van der Waals surface area contributed by atoms with Crippen LogP contribution < -0.4 is 5.32 Å². The minimum absolute atomic E-state index is 0.231. The Morgan fingerprint density at radius 1 is 1.33 bits per heavy atom. The highest BCUT2D eigenvalue weighted by Crippen LogP contribution is 2.30. The van der Waals surface area contributed by atoms with E-state index in [1.807, 2.05) is 19.9 Å². The van der Waals surface area contributed by atoms with Crippen LogP contribution in [0.5, 0.6) is 0 Å². The molecule has 2 rings (SSSR count). The second kappa shape index (κ2) is 5.82. The summed E-state index contributed by atoms with van der Waals surface area (Å²) >= 11 is 1.31. The van der Waals surface area contributed by atoms with Crippen LogP contribution in [-0.4, -0.2) is 16.5 Å². The number of hydrogen-bond donors (Lipinski definition) is 1. The van der Waals surface area contributed by atoms with E-state index < -0.39 is 0 Å². The molecular weight excluding hydrogens is 249 g/mol. The lowest BCUT2D eigenvalue weighted by molar-refractivity contribution is 0.602. The van der Waals surface area contributed by atoms with Gasteiger partial charge in [0, 0.05) is 23.2 Å². The van der Waals surface area contributed by atoms with Crippen molar-refractivity contribution in [1.29, 1.82) is 0 Å². The summed E-state index contributed by atoms with van der Waals surface area (Å²) in [5.41, 5.74) is 0.935. The van der Waals surface area contributed by atoms with Gasteiger partial charge in [0.15, 0.2) is 0 Å². The van der Waals surface area contributed by atoms with E-state index in [2.05, 4.69) is 15.3 Å². The number of nitrogens with zero attached hydrogens (tertiary/aromatic N) is 2. The summed E-state index contributed by atoms with van der Waals surface area (Å²) in [5.74, 6) is 0.340. The van der Waals surface area contributed by atoms with Gasteiger partial charge < -0.3 is 5.32 Å². The number of anilines is 1. The van der Waals surface area contributed by atoms with Gasteiger partial charge in [0.1, 0.15) is 10.8 Å². The predicted molar refractivity (Wildman–Crippen MR) is 71.5 cm³/mol. The number of benzene rings is 1. The Balaban J connectivity index is 2.28. The van der Waals surface area contributed by atoms with Crippen LogP contribution in [-0.2, 0) is 0 Å². The molecule has 0 aliphatic carbocycles. The van der Waals surface area contributed by atoms with Crippen LogP contribution in [0.2, 0.25) is 0 Å². The summed E-state index contributed by atoms with van der Waals surface area (Å²) in [6, 6.07) is 6.68. The molecule has 0 amide bonds. The third-order valence-electron chi connectivity index (χ3n) is 2.30. The van der Waals surface area contributed by atoms with Crippen LogP contribution in [0.4, 0.5) is 10.3 Å². The maximum Gasteiger partial charge on any atom is 0.223 e. The molecule has 0 spiro atoms. The minimum atomic E-state index is -0.231. The largest absolute Gasteiger partial charge is 0.354 e. The molecule has 0 aliphatic rings. The van der Waals surface area contributed by atoms with E-state index in [9.17, 15) is 4.39 Å². The van der Waals surface area contributed by atoms with Gasteiger partial charge in [-0.2, -0.15) is 0 Å². The van der Waals surface area contributed by atoms with E-state index >= 15 is 0 Å². The maximum absolute atomic E-state index is 13.6. The van der Waals surface area contributed by atoms with Crippen molar-refractivity contribution in [3.63, 3.8) is 0 Å². The third-order valence-corrected chi connectivity index (χ3v) is 3.46. The van der Waals surface area contributed by atoms with E-state index in [0.29, 0.717) is 10.8 Å². The van der Waals surface area contributed by atoms with Crippen molar-refractivity contribution < 1.29 is 4.39 Å². The Morgan fingerprint density at radius 2 is 2.11 bits per heavy atom. The van der Waals surface area contributed by atoms with Crippen molar-refractivity contribution in [3.8, 4) is 0 Å². The predicted octanol–water partition coefficient (Wildman–Crippen LogP) is 3.51. The van der Waals surface area contributed by atoms with E-state index in [1.165, 1.54) is 17.8 Å². The zero-order valence-electron chi connectivity index (χ0n) is 10.3. The fraction of sp³-hybridized carbons (Fsp3) is 0.231. The Labute approximate surface area is 110 Å². The van der Waals surface area contributed by atoms with E-state index in [-0.39, 0.29) is 5.82 Å². The quantitative estimate of drug-likeness (QED) is 0.857. The van der Waals surface area contributed by atoms with Gasteiger partial charge in [-0.15, -0.1) is 0 Å². The van der Waals surface area contributed by atoms with Crippen LogP contribution in [0.25, 0.3) is 0 Å². The van der Waals surface area contributed by atoms with Gasteiger partial charge in [0.25, 0.3) is 0 Å². The molecule has 2 aromatic rings. The second-order valence-corrected chi connectivity index (χ2v) is 4.78. The SMILES string of the molecule is CCNc1ncc(C)c(Sc2ccccc2F)n1. The second-order valence-electron chi connectivity index (χ2n) is 3.74. The summed E-state index contributed by atoms with van der Waals surface area (Å²) in [5, 5.41) is 3.82. The average Bonchev–Trinajstić information content (AvgIpc) is 2.36. The molecule has 0 fully saturated rings. The Hall–Kier alpha value is -1.62. The first kappa shape index (κ1) is 12.8. The molecule has 94 valence electrons. The van der Waals surface area contributed by atoms with Gasteiger partial charge in [-0.1, -0.05) is 23.9 Å². The maximum atomic E-state index is 13.6. The molecule has 1 aromatic carbocycles. The highest BCUT2D eigenvalue weighted by atomic mass is 32.2. The van der Waals surface area contributed by atoms with Crippen molar-refractivity contribution in [1.82, 2.24) is 9.97 Å². The zero-order chi connectivity index (χ0) is 13.0. The monoisotopic (exact) mass is 263 g/mol. The molecule has 3 nitrogen and oxygen atoms in total. The average molecular weight is 263 g/mol. The molecule has 0 saturated heterocycles. The normalized spacial score (nSPS) is 10.4. The Kier molecular flexibility index (Phi) is 4.15. The van der Waals surface area contributed by atoms with Crippen molar-refractivity contribution in [3.05, 3.63) is 41.8 Å². The molecule has 0 radical (unpaired) electrons. The van der Waals surface area contributed by atoms with Gasteiger partial charge in [0.2, 0.25) is 5.95 Å². The first-order chi connectivity index (χ1) is 8.70. The molecule has 18 heavy (non-hydrogen) atoms. The molecule has 1 aromatic heterocycles. The molecule has 0 aliphatic heterocycles. The fourth-order valence-electron chi connectivity index (χ4n) is 1.40. The number of rotatable bonds is 4. The van der Waals surface area contributed by atoms with Gasteiger partial charge in [0.05, 0.1) is 0 Å². The van der Waals surface area contributed by atoms with Crippen LogP contribution in [0.1, 0.15) is 12.5 Å². The van der Waals surface area contributed by atoms with Crippen molar-refractivity contribution in [2.24, 2.45) is 0 Å². The number of aryl methyl sites for hydroxylation is 1. The molecule has 0 saturated carbocycles. The Bertz CT molecular complexity index is 546. The van der Waals surface area contributed by atoms with Crippen LogP contribution in [0.3, 0.4) is 0 Å². The molecule has 1 heterocycles. The minimum Gasteiger partial charge on any atom is -0.354 e. The summed E-state index contributed by atoms with van der Waals surface area (Å²) in [4.78, 5) is 9.11. The topological polar surface area (TPSA) is 37.8 Å². The number of aromatic nitrogens is 2. The summed E-state index contributed by atoms with van der Waals surface area (Å²) in [6.45, 7) is 4.65. The number of hydrogen-bond acceptors (Lipinski definition) is 4. The van der Waals surface area contributed by atoms with Crippen LogP contribution in [0, 0.1) is 12.7 Å². The standard InChI is InChI=1S/C13H14FN3S/c1-3-15-13-16-8-9(2)12(17-13)18-11-7-5-4-6-10(11)14/h4-8H,3H2,1-2H3,(H,15,16,17). The lowest BCUT2D eigenvalue weighted by atomic mass is 10.3. The zero-order valence-corrected chi connectivity index (χ0v) is 11.1. The molecule has 0 unspecified atom stereocenters. The number of nitrogens with one attached hydrogen (secondary N) is 1. The fourth-order valence-corrected chi connectivity index (χ4v) is 2.27. The van der Waals surface area contributed by atoms with E-state index in [4.69, 9.17) is 0 Å². The molecule has 0 atom stereocenters. The van der Waals surface area contributed by atoms with E-state index in [1.54, 1.807) is 18.3 Å². The van der Waals surface area contributed by atoms with Crippen LogP contribution >= 0.6 is 11.8 Å². The van der Waals surface area contributed by atoms with Gasteiger partial charge in [-0.05, 0) is 26.0 Å². The summed E-state index contributed by atoms with van der Waals surface area (Å²) in [7, 11) is 0. The van der Waals surface area contributed by atoms with Gasteiger partial charge in [-0.3, -0.25) is 0 Å². The first-order valence-corrected chi connectivity index (χ1v) is 6.52. The van der Waals surface area contributed by atoms with Gasteiger partial charge in [-0.25, -0.2) is 14.4 Å². The van der Waals surface area contributed by atoms with Crippen molar-refractivity contribution >= 4 is 17.7 Å². The lowest BCUT2D eigenvalue weighted by Crippen LogP contribution is -2.03. The highest BCUT2D eigenvalue weighted by molar-refractivity contribution is 7.99. The van der Waals surface area contributed by atoms with Crippen molar-refractivity contribution in [2.45, 2.75) is 23.8 Å². The smallest absolute Gasteiger partial charge is 0.223 e. The molecule has 5 heteroatoms. The number of halogens is 1. The van der Waals surface area contributed by atoms with Gasteiger partial charge >= 0.3 is 0 Å². The van der Waals surface area contributed by atoms with Crippen molar-refractivity contribution in [2.75, 3.05) is 11.9 Å². The lowest BCUT2D eigenvalue weighted by Gasteiger charge is -2.07. The molecule has 1 N–H and O–H groups in total. The third kappa shape index (κ3) is 2.98. The molecular formula is C13H14FN3S. The Morgan fingerprint density at radius 3 is 2.83 bits per heavy atom. The van der Waals surface area contributed by atoms with E-state index in [0.717, 1.165) is 17.1 Å². The summed E-state index contributed by atoms with van der Waals surface area (Å²) < 4.78 is 13.6. The highest BCUT2D eigenvalue weighted by Gasteiger charge is 2.08. The molecule has 0 bridgehead atoms. The van der Waals surface area contributed by atoms with Crippen LogP contribution in [0.15, 0.2) is 40.4 Å².